The third-order valence-corrected chi connectivity index (χ3v) is 6.12. The van der Waals surface area contributed by atoms with Crippen molar-refractivity contribution in [3.63, 3.8) is 0 Å². The molecular formula is C23H25N5O. The highest BCUT2D eigenvalue weighted by atomic mass is 16.2. The molecule has 1 fully saturated rings. The van der Waals surface area contributed by atoms with E-state index in [9.17, 15) is 4.79 Å². The van der Waals surface area contributed by atoms with Gasteiger partial charge in [0.05, 0.1) is 17.4 Å². The van der Waals surface area contributed by atoms with Crippen molar-refractivity contribution < 1.29 is 4.79 Å². The lowest BCUT2D eigenvalue weighted by Gasteiger charge is -2.27. The number of hydrogen-bond acceptors (Lipinski definition) is 4. The van der Waals surface area contributed by atoms with E-state index in [2.05, 4.69) is 46.4 Å². The van der Waals surface area contributed by atoms with E-state index in [1.807, 2.05) is 36.1 Å². The lowest BCUT2D eigenvalue weighted by Crippen LogP contribution is -2.41. The number of hydrogen-bond donors (Lipinski definition) is 0. The average Bonchev–Trinajstić information content (AvgIpc) is 3.20. The second kappa shape index (κ2) is 7.03. The van der Waals surface area contributed by atoms with Crippen molar-refractivity contribution in [2.24, 2.45) is 0 Å². The van der Waals surface area contributed by atoms with Crippen LogP contribution in [0.5, 0.6) is 0 Å². The number of aryl methyl sites for hydroxylation is 1. The van der Waals surface area contributed by atoms with Crippen LogP contribution in [0.4, 0.5) is 5.69 Å². The average molecular weight is 387 g/mol. The van der Waals surface area contributed by atoms with E-state index in [0.29, 0.717) is 11.7 Å². The zero-order chi connectivity index (χ0) is 20.0. The number of carbonyl (C=O) groups is 1. The first-order valence-electron chi connectivity index (χ1n) is 10.2. The summed E-state index contributed by atoms with van der Waals surface area (Å²) in [5.74, 6) is -0.0151. The molecule has 1 amide bonds. The maximum Gasteiger partial charge on any atom is 0.276 e. The maximum absolute atomic E-state index is 13.3. The molecule has 0 saturated carbocycles. The smallest absolute Gasteiger partial charge is 0.276 e. The number of benzene rings is 2. The predicted molar refractivity (Wildman–Crippen MR) is 113 cm³/mol. The summed E-state index contributed by atoms with van der Waals surface area (Å²) in [6.45, 7) is 6.44. The van der Waals surface area contributed by atoms with Gasteiger partial charge >= 0.3 is 0 Å². The standard InChI is InChI=1S/C23H25N5O/c1-16-8-10-19(11-9-16)28-17(2)22(24-25-28)23(29)26-12-5-13-27-20(15-26)14-18-6-3-4-7-21(18)27/h3-4,6-11,20H,5,12-15H2,1-2H3. The van der Waals surface area contributed by atoms with Crippen LogP contribution in [-0.4, -0.2) is 51.5 Å². The largest absolute Gasteiger partial charge is 0.366 e. The summed E-state index contributed by atoms with van der Waals surface area (Å²) in [6.07, 6.45) is 1.96. The van der Waals surface area contributed by atoms with E-state index in [4.69, 9.17) is 0 Å². The Kier molecular flexibility index (Phi) is 4.34. The highest BCUT2D eigenvalue weighted by molar-refractivity contribution is 5.93. The molecule has 1 atom stereocenters. The van der Waals surface area contributed by atoms with Gasteiger partial charge in [-0.1, -0.05) is 41.1 Å². The van der Waals surface area contributed by atoms with Crippen LogP contribution in [0.1, 0.15) is 33.7 Å². The number of anilines is 1. The van der Waals surface area contributed by atoms with Crippen molar-refractivity contribution in [1.82, 2.24) is 19.9 Å². The van der Waals surface area contributed by atoms with Gasteiger partial charge in [-0.3, -0.25) is 4.79 Å². The summed E-state index contributed by atoms with van der Waals surface area (Å²) < 4.78 is 1.75. The molecule has 1 unspecified atom stereocenters. The molecule has 0 spiro atoms. The first-order valence-corrected chi connectivity index (χ1v) is 10.2. The Labute approximate surface area is 170 Å². The summed E-state index contributed by atoms with van der Waals surface area (Å²) in [5.41, 5.74) is 6.06. The quantitative estimate of drug-likeness (QED) is 0.678. The van der Waals surface area contributed by atoms with Crippen LogP contribution in [0.2, 0.25) is 0 Å². The summed E-state index contributed by atoms with van der Waals surface area (Å²) in [5, 5.41) is 8.52. The van der Waals surface area contributed by atoms with Crippen molar-refractivity contribution in [2.75, 3.05) is 24.5 Å². The van der Waals surface area contributed by atoms with E-state index in [-0.39, 0.29) is 5.91 Å². The number of rotatable bonds is 2. The number of fused-ring (bicyclic) bond motifs is 3. The number of amides is 1. The maximum atomic E-state index is 13.3. The Hall–Kier alpha value is -3.15. The van der Waals surface area contributed by atoms with Gasteiger partial charge in [0.15, 0.2) is 5.69 Å². The molecule has 2 aliphatic rings. The Balaban J connectivity index is 1.38. The molecule has 148 valence electrons. The fourth-order valence-electron chi connectivity index (χ4n) is 4.56. The molecule has 2 aromatic carbocycles. The van der Waals surface area contributed by atoms with Gasteiger partial charge < -0.3 is 9.80 Å². The molecule has 0 N–H and O–H groups in total. The topological polar surface area (TPSA) is 54.3 Å². The fourth-order valence-corrected chi connectivity index (χ4v) is 4.56. The van der Waals surface area contributed by atoms with Crippen LogP contribution in [0.3, 0.4) is 0 Å². The van der Waals surface area contributed by atoms with Crippen LogP contribution in [0.15, 0.2) is 48.5 Å². The summed E-state index contributed by atoms with van der Waals surface area (Å²) in [4.78, 5) is 17.8. The Morgan fingerprint density at radius 2 is 1.83 bits per heavy atom. The third kappa shape index (κ3) is 3.09. The van der Waals surface area contributed by atoms with Crippen LogP contribution < -0.4 is 4.90 Å². The number of para-hydroxylation sites is 1. The van der Waals surface area contributed by atoms with Gasteiger partial charge in [-0.15, -0.1) is 5.10 Å². The summed E-state index contributed by atoms with van der Waals surface area (Å²) in [7, 11) is 0. The first kappa shape index (κ1) is 17.9. The van der Waals surface area contributed by atoms with Crippen LogP contribution in [-0.2, 0) is 6.42 Å². The van der Waals surface area contributed by atoms with E-state index in [1.165, 1.54) is 16.8 Å². The van der Waals surface area contributed by atoms with Crippen LogP contribution in [0, 0.1) is 13.8 Å². The molecule has 5 rings (SSSR count). The van der Waals surface area contributed by atoms with E-state index < -0.39 is 0 Å². The van der Waals surface area contributed by atoms with E-state index in [0.717, 1.165) is 43.9 Å². The molecule has 6 nitrogen and oxygen atoms in total. The molecule has 0 radical (unpaired) electrons. The third-order valence-electron chi connectivity index (χ3n) is 6.12. The van der Waals surface area contributed by atoms with Gasteiger partial charge in [0.1, 0.15) is 0 Å². The molecular weight excluding hydrogens is 362 g/mol. The van der Waals surface area contributed by atoms with E-state index in [1.54, 1.807) is 4.68 Å². The molecule has 29 heavy (non-hydrogen) atoms. The van der Waals surface area contributed by atoms with Gasteiger partial charge in [-0.2, -0.15) is 0 Å². The van der Waals surface area contributed by atoms with Gasteiger partial charge in [-0.25, -0.2) is 4.68 Å². The SMILES string of the molecule is Cc1ccc(-n2nnc(C(=O)N3CCCN4c5ccccc5CC4C3)c2C)cc1. The second-order valence-electron chi connectivity index (χ2n) is 8.06. The van der Waals surface area contributed by atoms with Crippen molar-refractivity contribution in [3.05, 3.63) is 71.0 Å². The van der Waals surface area contributed by atoms with Gasteiger partial charge in [0.2, 0.25) is 0 Å². The van der Waals surface area contributed by atoms with Crippen molar-refractivity contribution >= 4 is 11.6 Å². The minimum absolute atomic E-state index is 0.0151. The minimum Gasteiger partial charge on any atom is -0.366 e. The van der Waals surface area contributed by atoms with Crippen molar-refractivity contribution in [1.29, 1.82) is 0 Å². The van der Waals surface area contributed by atoms with Crippen LogP contribution in [0.25, 0.3) is 5.69 Å². The van der Waals surface area contributed by atoms with Gasteiger partial charge in [0.25, 0.3) is 5.91 Å². The Morgan fingerprint density at radius 3 is 2.66 bits per heavy atom. The Bertz CT molecular complexity index is 1060. The highest BCUT2D eigenvalue weighted by Crippen LogP contribution is 2.33. The molecule has 1 saturated heterocycles. The molecule has 1 aromatic heterocycles. The van der Waals surface area contributed by atoms with E-state index >= 15 is 0 Å². The van der Waals surface area contributed by atoms with Gasteiger partial charge in [-0.05, 0) is 50.5 Å². The normalized spacial score (nSPS) is 18.3. The zero-order valence-electron chi connectivity index (χ0n) is 16.9. The first-order chi connectivity index (χ1) is 14.1. The van der Waals surface area contributed by atoms with Crippen molar-refractivity contribution in [3.8, 4) is 5.69 Å². The second-order valence-corrected chi connectivity index (χ2v) is 8.06. The predicted octanol–water partition coefficient (Wildman–Crippen LogP) is 3.16. The van der Waals surface area contributed by atoms with Gasteiger partial charge in [0, 0.05) is 25.3 Å². The number of aromatic nitrogens is 3. The summed E-state index contributed by atoms with van der Waals surface area (Å²) >= 11 is 0. The fraction of sp³-hybridized carbons (Fsp3) is 0.348. The molecule has 0 bridgehead atoms. The number of carbonyl (C=O) groups excluding carboxylic acids is 1. The molecule has 3 aromatic rings. The lowest BCUT2D eigenvalue weighted by atomic mass is 10.1. The highest BCUT2D eigenvalue weighted by Gasteiger charge is 2.34. The molecule has 0 aliphatic carbocycles. The summed E-state index contributed by atoms with van der Waals surface area (Å²) in [6, 6.07) is 17.0. The monoisotopic (exact) mass is 387 g/mol. The number of nitrogens with zero attached hydrogens (tertiary/aromatic N) is 5. The van der Waals surface area contributed by atoms with Crippen molar-refractivity contribution in [2.45, 2.75) is 32.7 Å². The Morgan fingerprint density at radius 1 is 1.03 bits per heavy atom. The van der Waals surface area contributed by atoms with Crippen LogP contribution >= 0.6 is 0 Å². The molecule has 2 aliphatic heterocycles. The lowest BCUT2D eigenvalue weighted by molar-refractivity contribution is 0.0749. The minimum atomic E-state index is -0.0151. The molecule has 3 heterocycles. The molecule has 6 heteroatoms. The zero-order valence-corrected chi connectivity index (χ0v) is 16.9.